The fourth-order valence-electron chi connectivity index (χ4n) is 0.935. The first-order valence-electron chi connectivity index (χ1n) is 4.87. The molecule has 0 rings (SSSR count). The van der Waals surface area contributed by atoms with Crippen molar-refractivity contribution in [2.45, 2.75) is 45.4 Å². The largest absolute Gasteiger partial charge is 0.756 e. The summed E-state index contributed by atoms with van der Waals surface area (Å²) in [6.45, 7) is 2.78. The summed E-state index contributed by atoms with van der Waals surface area (Å²) in [5.41, 5.74) is 0. The molecule has 0 aliphatic heterocycles. The van der Waals surface area contributed by atoms with Gasteiger partial charge < -0.3 is 13.9 Å². The summed E-state index contributed by atoms with van der Waals surface area (Å²) < 4.78 is 55.2. The molecule has 8 heteroatoms. The van der Waals surface area contributed by atoms with Crippen molar-refractivity contribution in [2.24, 2.45) is 0 Å². The third kappa shape index (κ3) is 9.15. The second-order valence-corrected chi connectivity index (χ2v) is 4.73. The van der Waals surface area contributed by atoms with Crippen LogP contribution in [-0.2, 0) is 13.6 Å². The maximum Gasteiger partial charge on any atom is 0.391 e. The lowest BCUT2D eigenvalue weighted by Gasteiger charge is -2.26. The van der Waals surface area contributed by atoms with Crippen LogP contribution < -0.4 is 4.89 Å². The van der Waals surface area contributed by atoms with Gasteiger partial charge in [0.15, 0.2) is 0 Å². The van der Waals surface area contributed by atoms with Crippen LogP contribution in [-0.4, -0.2) is 18.9 Å². The van der Waals surface area contributed by atoms with Crippen LogP contribution in [0.1, 0.15) is 33.1 Å². The van der Waals surface area contributed by atoms with E-state index in [-0.39, 0.29) is 6.61 Å². The highest BCUT2D eigenvalue weighted by Crippen LogP contribution is 2.41. The van der Waals surface area contributed by atoms with Crippen LogP contribution in [0, 0.1) is 0 Å². The van der Waals surface area contributed by atoms with E-state index in [9.17, 15) is 22.6 Å². The predicted octanol–water partition coefficient (Wildman–Crippen LogP) is 2.63. The molecule has 4 nitrogen and oxygen atoms in total. The second-order valence-electron chi connectivity index (χ2n) is 3.37. The minimum Gasteiger partial charge on any atom is -0.756 e. The molecule has 2 unspecified atom stereocenters. The Hall–Kier alpha value is -0.100. The quantitative estimate of drug-likeness (QED) is 0.523. The molecule has 98 valence electrons. The van der Waals surface area contributed by atoms with Gasteiger partial charge in [0.2, 0.25) is 0 Å². The Kier molecular flexibility index (Phi) is 6.55. The van der Waals surface area contributed by atoms with Gasteiger partial charge in [0.25, 0.3) is 7.82 Å². The summed E-state index contributed by atoms with van der Waals surface area (Å²) in [6, 6.07) is 0. The van der Waals surface area contributed by atoms with E-state index >= 15 is 0 Å². The molecule has 0 fully saturated rings. The molecule has 0 aromatic heterocycles. The lowest BCUT2D eigenvalue weighted by Crippen LogP contribution is -2.22. The molecule has 0 amide bonds. The van der Waals surface area contributed by atoms with Gasteiger partial charge in [-0.25, -0.2) is 0 Å². The van der Waals surface area contributed by atoms with E-state index in [4.69, 9.17) is 0 Å². The Labute approximate surface area is 92.4 Å². The number of rotatable bonds is 7. The molecule has 0 heterocycles. The Balaban J connectivity index is 4.00. The van der Waals surface area contributed by atoms with Crippen molar-refractivity contribution >= 4 is 7.82 Å². The number of hydrogen-bond donors (Lipinski definition) is 0. The van der Waals surface area contributed by atoms with Gasteiger partial charge in [0.1, 0.15) is 0 Å². The molecule has 0 radical (unpaired) electrons. The summed E-state index contributed by atoms with van der Waals surface area (Å²) in [6.07, 6.45) is -6.02. The van der Waals surface area contributed by atoms with Crippen molar-refractivity contribution in [1.29, 1.82) is 0 Å². The maximum absolute atomic E-state index is 11.9. The Morgan fingerprint density at radius 3 is 2.44 bits per heavy atom. The lowest BCUT2D eigenvalue weighted by atomic mass is 10.3. The van der Waals surface area contributed by atoms with Gasteiger partial charge in [-0.1, -0.05) is 13.3 Å². The Morgan fingerprint density at radius 2 is 2.00 bits per heavy atom. The minimum absolute atomic E-state index is 0.0734. The summed E-state index contributed by atoms with van der Waals surface area (Å²) in [7, 11) is -4.61. The van der Waals surface area contributed by atoms with Gasteiger partial charge in [-0.2, -0.15) is 13.2 Å². The van der Waals surface area contributed by atoms with Crippen molar-refractivity contribution in [3.8, 4) is 0 Å². The summed E-state index contributed by atoms with van der Waals surface area (Å²) in [5, 5.41) is 0. The maximum atomic E-state index is 11.9. The SMILES string of the molecule is CCCCOP(=O)([O-])OC(C)CC(F)(F)F. The van der Waals surface area contributed by atoms with Gasteiger partial charge >= 0.3 is 6.18 Å². The molecule has 0 saturated carbocycles. The smallest absolute Gasteiger partial charge is 0.391 e. The van der Waals surface area contributed by atoms with Crippen molar-refractivity contribution in [3.05, 3.63) is 0 Å². The molecule has 0 N–H and O–H groups in total. The van der Waals surface area contributed by atoms with Crippen molar-refractivity contribution in [3.63, 3.8) is 0 Å². The normalized spacial score (nSPS) is 18.1. The lowest BCUT2D eigenvalue weighted by molar-refractivity contribution is -0.233. The summed E-state index contributed by atoms with van der Waals surface area (Å²) >= 11 is 0. The molecule has 0 aromatic rings. The zero-order valence-corrected chi connectivity index (χ0v) is 10.0. The Morgan fingerprint density at radius 1 is 1.44 bits per heavy atom. The highest BCUT2D eigenvalue weighted by molar-refractivity contribution is 7.45. The molecular formula is C8H15F3O4P-. The zero-order chi connectivity index (χ0) is 12.8. The molecule has 0 aliphatic rings. The van der Waals surface area contributed by atoms with E-state index in [0.29, 0.717) is 6.42 Å². The number of phosphoric acid groups is 1. The van der Waals surface area contributed by atoms with Gasteiger partial charge in [0, 0.05) is 0 Å². The van der Waals surface area contributed by atoms with Crippen LogP contribution in [0.3, 0.4) is 0 Å². The number of unbranched alkanes of at least 4 members (excludes halogenated alkanes) is 1. The first-order valence-corrected chi connectivity index (χ1v) is 6.33. The Bertz CT molecular complexity index is 244. The van der Waals surface area contributed by atoms with E-state index < -0.39 is 26.5 Å². The first kappa shape index (κ1) is 15.9. The number of phosphoric ester groups is 1. The van der Waals surface area contributed by atoms with Gasteiger partial charge in [-0.3, -0.25) is 4.57 Å². The molecule has 2 atom stereocenters. The molecule has 16 heavy (non-hydrogen) atoms. The van der Waals surface area contributed by atoms with Crippen LogP contribution in [0.5, 0.6) is 0 Å². The van der Waals surface area contributed by atoms with Crippen LogP contribution in [0.2, 0.25) is 0 Å². The second kappa shape index (κ2) is 6.59. The van der Waals surface area contributed by atoms with Gasteiger partial charge in [-0.05, 0) is 13.3 Å². The van der Waals surface area contributed by atoms with E-state index in [1.165, 1.54) is 0 Å². The fourth-order valence-corrected chi connectivity index (χ4v) is 1.86. The predicted molar refractivity (Wildman–Crippen MR) is 49.7 cm³/mol. The molecule has 0 spiro atoms. The first-order chi connectivity index (χ1) is 7.16. The highest BCUT2D eigenvalue weighted by atomic mass is 31.2. The third-order valence-electron chi connectivity index (χ3n) is 1.58. The van der Waals surface area contributed by atoms with Crippen molar-refractivity contribution < 1.29 is 31.7 Å². The van der Waals surface area contributed by atoms with Crippen molar-refractivity contribution in [1.82, 2.24) is 0 Å². The molecule has 0 saturated heterocycles. The molecule has 0 aliphatic carbocycles. The van der Waals surface area contributed by atoms with Crippen LogP contribution >= 0.6 is 7.82 Å². The molecule has 0 aromatic carbocycles. The molecular weight excluding hydrogens is 248 g/mol. The van der Waals surface area contributed by atoms with Crippen LogP contribution in [0.4, 0.5) is 13.2 Å². The summed E-state index contributed by atoms with van der Waals surface area (Å²) in [4.78, 5) is 11.0. The van der Waals surface area contributed by atoms with E-state index in [0.717, 1.165) is 13.3 Å². The average Bonchev–Trinajstić information content (AvgIpc) is 1.98. The van der Waals surface area contributed by atoms with E-state index in [1.54, 1.807) is 0 Å². The third-order valence-corrected chi connectivity index (χ3v) is 2.69. The van der Waals surface area contributed by atoms with Gasteiger partial charge in [-0.15, -0.1) is 0 Å². The number of hydrogen-bond acceptors (Lipinski definition) is 4. The fraction of sp³-hybridized carbons (Fsp3) is 1.00. The monoisotopic (exact) mass is 263 g/mol. The average molecular weight is 263 g/mol. The van der Waals surface area contributed by atoms with Crippen molar-refractivity contribution in [2.75, 3.05) is 6.61 Å². The van der Waals surface area contributed by atoms with Gasteiger partial charge in [0.05, 0.1) is 19.1 Å². The zero-order valence-electron chi connectivity index (χ0n) is 9.12. The molecule has 0 bridgehead atoms. The topological polar surface area (TPSA) is 58.6 Å². The highest BCUT2D eigenvalue weighted by Gasteiger charge is 2.32. The standard InChI is InChI=1S/C8H16F3O4P/c1-3-4-5-14-16(12,13)15-7(2)6-8(9,10)11/h7H,3-6H2,1-2H3,(H,12,13)/p-1. The number of alkyl halides is 3. The minimum atomic E-state index is -4.61. The van der Waals surface area contributed by atoms with Crippen LogP contribution in [0.15, 0.2) is 0 Å². The summed E-state index contributed by atoms with van der Waals surface area (Å²) in [5.74, 6) is 0. The number of halogens is 3. The van der Waals surface area contributed by atoms with Crippen LogP contribution in [0.25, 0.3) is 0 Å². The van der Waals surface area contributed by atoms with E-state index in [1.807, 2.05) is 6.92 Å². The van der Waals surface area contributed by atoms with E-state index in [2.05, 4.69) is 9.05 Å².